The maximum Gasteiger partial charge on any atom is 0.201 e. The second kappa shape index (κ2) is 5.14. The molecule has 1 aromatic heterocycles. The quantitative estimate of drug-likeness (QED) is 0.811. The van der Waals surface area contributed by atoms with Crippen molar-refractivity contribution in [2.45, 2.75) is 19.9 Å². The minimum Gasteiger partial charge on any atom is -0.382 e. The van der Waals surface area contributed by atoms with Crippen LogP contribution in [0.25, 0.3) is 11.0 Å². The molecule has 5 heteroatoms. The number of nitrogen functional groups attached to an aromatic ring is 1. The van der Waals surface area contributed by atoms with Gasteiger partial charge in [-0.15, -0.1) is 0 Å². The monoisotopic (exact) mass is 237 g/mol. The molecule has 0 saturated carbocycles. The zero-order valence-corrected chi connectivity index (χ0v) is 9.82. The maximum absolute atomic E-state index is 13.2. The van der Waals surface area contributed by atoms with Gasteiger partial charge in [-0.2, -0.15) is 0 Å². The lowest BCUT2D eigenvalue weighted by Crippen LogP contribution is -2.06. The number of fused-ring (bicyclic) bond motifs is 1. The van der Waals surface area contributed by atoms with E-state index >= 15 is 0 Å². The van der Waals surface area contributed by atoms with Crippen LogP contribution in [0.2, 0.25) is 0 Å². The number of ether oxygens (including phenoxy) is 1. The number of rotatable bonds is 5. The minimum atomic E-state index is -0.275. The molecule has 0 fully saturated rings. The molecule has 92 valence electrons. The summed E-state index contributed by atoms with van der Waals surface area (Å²) >= 11 is 0. The highest BCUT2D eigenvalue weighted by Crippen LogP contribution is 2.19. The standard InChI is InChI=1S/C12H16FN3O/c1-2-17-7-3-6-16-11-8-9(13)4-5-10(11)15-12(16)14/h4-5,8H,2-3,6-7H2,1H3,(H2,14,15). The van der Waals surface area contributed by atoms with Gasteiger partial charge in [0.05, 0.1) is 11.0 Å². The van der Waals surface area contributed by atoms with E-state index in [9.17, 15) is 4.39 Å². The van der Waals surface area contributed by atoms with E-state index in [4.69, 9.17) is 10.5 Å². The molecular weight excluding hydrogens is 221 g/mol. The molecule has 0 aliphatic carbocycles. The predicted molar refractivity (Wildman–Crippen MR) is 65.2 cm³/mol. The lowest BCUT2D eigenvalue weighted by atomic mass is 10.3. The van der Waals surface area contributed by atoms with E-state index in [0.717, 1.165) is 17.5 Å². The summed E-state index contributed by atoms with van der Waals surface area (Å²) in [7, 11) is 0. The Kier molecular flexibility index (Phi) is 3.58. The number of aryl methyl sites for hydroxylation is 1. The number of hydrogen-bond acceptors (Lipinski definition) is 3. The Hall–Kier alpha value is -1.62. The lowest BCUT2D eigenvalue weighted by molar-refractivity contribution is 0.142. The van der Waals surface area contributed by atoms with Crippen molar-refractivity contribution >= 4 is 17.0 Å². The highest BCUT2D eigenvalue weighted by molar-refractivity contribution is 5.78. The highest BCUT2D eigenvalue weighted by Gasteiger charge is 2.08. The highest BCUT2D eigenvalue weighted by atomic mass is 19.1. The number of nitrogens with zero attached hydrogens (tertiary/aromatic N) is 2. The van der Waals surface area contributed by atoms with Gasteiger partial charge in [0, 0.05) is 19.8 Å². The van der Waals surface area contributed by atoms with Crippen LogP contribution in [0.5, 0.6) is 0 Å². The molecule has 0 amide bonds. The first-order chi connectivity index (χ1) is 8.22. The molecule has 0 aliphatic rings. The minimum absolute atomic E-state index is 0.275. The predicted octanol–water partition coefficient (Wildman–Crippen LogP) is 2.18. The van der Waals surface area contributed by atoms with Crippen LogP contribution in [-0.4, -0.2) is 22.8 Å². The number of anilines is 1. The van der Waals surface area contributed by atoms with Crippen molar-refractivity contribution in [3.63, 3.8) is 0 Å². The van der Waals surface area contributed by atoms with Crippen LogP contribution < -0.4 is 5.73 Å². The molecule has 2 N–H and O–H groups in total. The van der Waals surface area contributed by atoms with Crippen LogP contribution in [0, 0.1) is 5.82 Å². The first-order valence-corrected chi connectivity index (χ1v) is 5.71. The summed E-state index contributed by atoms with van der Waals surface area (Å²) in [4.78, 5) is 4.19. The average Bonchev–Trinajstić information content (AvgIpc) is 2.61. The molecule has 0 bridgehead atoms. The van der Waals surface area contributed by atoms with Crippen molar-refractivity contribution in [2.24, 2.45) is 0 Å². The molecule has 0 radical (unpaired) electrons. The van der Waals surface area contributed by atoms with Crippen LogP contribution in [-0.2, 0) is 11.3 Å². The summed E-state index contributed by atoms with van der Waals surface area (Å²) in [6, 6.07) is 4.48. The van der Waals surface area contributed by atoms with Gasteiger partial charge >= 0.3 is 0 Å². The van der Waals surface area contributed by atoms with Gasteiger partial charge in [0.2, 0.25) is 5.95 Å². The number of aromatic nitrogens is 2. The van der Waals surface area contributed by atoms with E-state index in [0.29, 0.717) is 25.7 Å². The summed E-state index contributed by atoms with van der Waals surface area (Å²) in [5.74, 6) is 0.144. The Morgan fingerprint density at radius 2 is 2.29 bits per heavy atom. The van der Waals surface area contributed by atoms with Crippen molar-refractivity contribution in [3.8, 4) is 0 Å². The molecule has 0 unspecified atom stereocenters. The molecule has 2 aromatic rings. The van der Waals surface area contributed by atoms with Crippen LogP contribution >= 0.6 is 0 Å². The van der Waals surface area contributed by atoms with E-state index < -0.39 is 0 Å². The van der Waals surface area contributed by atoms with Gasteiger partial charge in [-0.05, 0) is 31.5 Å². The number of imidazole rings is 1. The zero-order valence-electron chi connectivity index (χ0n) is 9.82. The van der Waals surface area contributed by atoms with Gasteiger partial charge in [0.1, 0.15) is 5.82 Å². The lowest BCUT2D eigenvalue weighted by Gasteiger charge is -2.06. The molecule has 0 atom stereocenters. The Balaban J connectivity index is 2.20. The van der Waals surface area contributed by atoms with E-state index in [1.165, 1.54) is 12.1 Å². The summed E-state index contributed by atoms with van der Waals surface area (Å²) < 4.78 is 20.2. The molecule has 4 nitrogen and oxygen atoms in total. The Labute approximate surface area is 99.2 Å². The number of nitrogens with two attached hydrogens (primary N) is 1. The smallest absolute Gasteiger partial charge is 0.201 e. The molecular formula is C12H16FN3O. The van der Waals surface area contributed by atoms with Crippen LogP contribution in [0.3, 0.4) is 0 Å². The second-order valence-corrected chi connectivity index (χ2v) is 3.81. The third-order valence-corrected chi connectivity index (χ3v) is 2.61. The Morgan fingerprint density at radius 1 is 1.47 bits per heavy atom. The number of halogens is 1. The summed E-state index contributed by atoms with van der Waals surface area (Å²) in [5.41, 5.74) is 7.26. The third kappa shape index (κ3) is 2.55. The maximum atomic E-state index is 13.2. The van der Waals surface area contributed by atoms with Gasteiger partial charge in [-0.1, -0.05) is 0 Å². The Morgan fingerprint density at radius 3 is 3.06 bits per heavy atom. The molecule has 0 aliphatic heterocycles. The zero-order chi connectivity index (χ0) is 12.3. The third-order valence-electron chi connectivity index (χ3n) is 2.61. The van der Waals surface area contributed by atoms with Gasteiger partial charge < -0.3 is 15.0 Å². The van der Waals surface area contributed by atoms with Gasteiger partial charge in [0.25, 0.3) is 0 Å². The summed E-state index contributed by atoms with van der Waals surface area (Å²) in [6.07, 6.45) is 0.833. The summed E-state index contributed by atoms with van der Waals surface area (Å²) in [6.45, 7) is 4.02. The van der Waals surface area contributed by atoms with Gasteiger partial charge in [-0.25, -0.2) is 9.37 Å². The van der Waals surface area contributed by atoms with E-state index in [1.54, 1.807) is 6.07 Å². The molecule has 1 aromatic carbocycles. The van der Waals surface area contributed by atoms with Crippen molar-refractivity contribution in [3.05, 3.63) is 24.0 Å². The van der Waals surface area contributed by atoms with Crippen molar-refractivity contribution in [1.29, 1.82) is 0 Å². The van der Waals surface area contributed by atoms with Crippen LogP contribution in [0.4, 0.5) is 10.3 Å². The molecule has 2 rings (SSSR count). The van der Waals surface area contributed by atoms with Crippen molar-refractivity contribution in [1.82, 2.24) is 9.55 Å². The van der Waals surface area contributed by atoms with E-state index in [1.807, 2.05) is 11.5 Å². The normalized spacial score (nSPS) is 11.2. The van der Waals surface area contributed by atoms with Gasteiger partial charge in [0.15, 0.2) is 0 Å². The first-order valence-electron chi connectivity index (χ1n) is 5.71. The Bertz CT molecular complexity index is 510. The molecule has 0 saturated heterocycles. The topological polar surface area (TPSA) is 53.1 Å². The molecule has 1 heterocycles. The van der Waals surface area contributed by atoms with E-state index in [-0.39, 0.29) is 5.82 Å². The molecule has 0 spiro atoms. The average molecular weight is 237 g/mol. The van der Waals surface area contributed by atoms with E-state index in [2.05, 4.69) is 4.98 Å². The fraction of sp³-hybridized carbons (Fsp3) is 0.417. The molecule has 17 heavy (non-hydrogen) atoms. The largest absolute Gasteiger partial charge is 0.382 e. The summed E-state index contributed by atoms with van der Waals surface area (Å²) in [5, 5.41) is 0. The first kappa shape index (κ1) is 11.9. The fourth-order valence-electron chi connectivity index (χ4n) is 1.82. The number of benzene rings is 1. The van der Waals surface area contributed by atoms with Crippen LogP contribution in [0.1, 0.15) is 13.3 Å². The second-order valence-electron chi connectivity index (χ2n) is 3.81. The SMILES string of the molecule is CCOCCCn1c(N)nc2ccc(F)cc21. The van der Waals surface area contributed by atoms with Crippen molar-refractivity contribution in [2.75, 3.05) is 18.9 Å². The van der Waals surface area contributed by atoms with Crippen molar-refractivity contribution < 1.29 is 9.13 Å². The van der Waals surface area contributed by atoms with Crippen LogP contribution in [0.15, 0.2) is 18.2 Å². The van der Waals surface area contributed by atoms with Gasteiger partial charge in [-0.3, -0.25) is 0 Å². The fourth-order valence-corrected chi connectivity index (χ4v) is 1.82. The number of hydrogen-bond donors (Lipinski definition) is 1.